The SMILES string of the molecule is CC1CCCN(C(=O)C2CCCCC2)C1. The highest BCUT2D eigenvalue weighted by molar-refractivity contribution is 5.79. The van der Waals surface area contributed by atoms with Crippen molar-refractivity contribution in [2.45, 2.75) is 51.9 Å². The standard InChI is InChI=1S/C13H23NO/c1-11-6-5-9-14(10-11)13(15)12-7-3-2-4-8-12/h11-12H,2-10H2,1H3. The molecule has 0 spiro atoms. The Morgan fingerprint density at radius 1 is 1.07 bits per heavy atom. The molecular formula is C13H23NO. The van der Waals surface area contributed by atoms with Gasteiger partial charge in [0.2, 0.25) is 5.91 Å². The van der Waals surface area contributed by atoms with E-state index in [-0.39, 0.29) is 0 Å². The molecule has 2 heteroatoms. The predicted octanol–water partition coefficient (Wildman–Crippen LogP) is 2.83. The molecule has 0 aromatic heterocycles. The summed E-state index contributed by atoms with van der Waals surface area (Å²) in [5, 5.41) is 0. The maximum Gasteiger partial charge on any atom is 0.225 e. The van der Waals surface area contributed by atoms with E-state index >= 15 is 0 Å². The molecule has 0 radical (unpaired) electrons. The first-order chi connectivity index (χ1) is 7.27. The zero-order valence-electron chi connectivity index (χ0n) is 9.87. The van der Waals surface area contributed by atoms with E-state index in [4.69, 9.17) is 0 Å². The van der Waals surface area contributed by atoms with Gasteiger partial charge in [-0.25, -0.2) is 0 Å². The van der Waals surface area contributed by atoms with E-state index in [1.54, 1.807) is 0 Å². The average Bonchev–Trinajstić information content (AvgIpc) is 2.29. The maximum atomic E-state index is 12.2. The van der Waals surface area contributed by atoms with Crippen LogP contribution in [0.15, 0.2) is 0 Å². The van der Waals surface area contributed by atoms with Crippen LogP contribution in [0.3, 0.4) is 0 Å². The van der Waals surface area contributed by atoms with Gasteiger partial charge in [0.25, 0.3) is 0 Å². The van der Waals surface area contributed by atoms with Crippen molar-refractivity contribution < 1.29 is 4.79 Å². The molecule has 0 bridgehead atoms. The topological polar surface area (TPSA) is 20.3 Å². The van der Waals surface area contributed by atoms with Crippen molar-refractivity contribution in [3.05, 3.63) is 0 Å². The maximum absolute atomic E-state index is 12.2. The molecule has 2 rings (SSSR count). The van der Waals surface area contributed by atoms with Crippen LogP contribution in [0.25, 0.3) is 0 Å². The summed E-state index contributed by atoms with van der Waals surface area (Å²) >= 11 is 0. The largest absolute Gasteiger partial charge is 0.342 e. The summed E-state index contributed by atoms with van der Waals surface area (Å²) < 4.78 is 0. The van der Waals surface area contributed by atoms with Gasteiger partial charge in [-0.15, -0.1) is 0 Å². The Labute approximate surface area is 93.0 Å². The van der Waals surface area contributed by atoms with E-state index in [1.165, 1.54) is 32.1 Å². The van der Waals surface area contributed by atoms with E-state index in [2.05, 4.69) is 11.8 Å². The minimum atomic E-state index is 0.365. The van der Waals surface area contributed by atoms with Gasteiger partial charge in [0.05, 0.1) is 0 Å². The van der Waals surface area contributed by atoms with Gasteiger partial charge in [0.1, 0.15) is 0 Å². The fraction of sp³-hybridized carbons (Fsp3) is 0.923. The van der Waals surface area contributed by atoms with Crippen LogP contribution >= 0.6 is 0 Å². The molecule has 2 nitrogen and oxygen atoms in total. The van der Waals surface area contributed by atoms with Gasteiger partial charge in [-0.1, -0.05) is 26.2 Å². The van der Waals surface area contributed by atoms with Gasteiger partial charge in [-0.05, 0) is 31.6 Å². The van der Waals surface area contributed by atoms with Crippen LogP contribution in [-0.4, -0.2) is 23.9 Å². The monoisotopic (exact) mass is 209 g/mol. The fourth-order valence-corrected chi connectivity index (χ4v) is 3.00. The molecule has 1 unspecified atom stereocenters. The second kappa shape index (κ2) is 5.00. The van der Waals surface area contributed by atoms with Crippen LogP contribution < -0.4 is 0 Å². The van der Waals surface area contributed by atoms with Crippen molar-refractivity contribution in [2.75, 3.05) is 13.1 Å². The summed E-state index contributed by atoms with van der Waals surface area (Å²) in [5.74, 6) is 1.54. The molecule has 1 atom stereocenters. The Kier molecular flexibility index (Phi) is 3.66. The molecule has 0 aromatic rings. The van der Waals surface area contributed by atoms with Crippen LogP contribution in [0.4, 0.5) is 0 Å². The number of amides is 1. The summed E-state index contributed by atoms with van der Waals surface area (Å²) in [4.78, 5) is 14.4. The molecule has 2 fully saturated rings. The van der Waals surface area contributed by atoms with Gasteiger partial charge in [0.15, 0.2) is 0 Å². The highest BCUT2D eigenvalue weighted by Crippen LogP contribution is 2.27. The van der Waals surface area contributed by atoms with Gasteiger partial charge in [0, 0.05) is 19.0 Å². The summed E-state index contributed by atoms with van der Waals surface area (Å²) in [5.41, 5.74) is 0. The first-order valence-corrected chi connectivity index (χ1v) is 6.56. The Morgan fingerprint density at radius 3 is 2.47 bits per heavy atom. The first-order valence-electron chi connectivity index (χ1n) is 6.56. The summed E-state index contributed by atoms with van der Waals surface area (Å²) in [6.07, 6.45) is 8.65. The minimum absolute atomic E-state index is 0.365. The second-order valence-electron chi connectivity index (χ2n) is 5.37. The Hall–Kier alpha value is -0.530. The number of likely N-dealkylation sites (tertiary alicyclic amines) is 1. The number of hydrogen-bond donors (Lipinski definition) is 0. The average molecular weight is 209 g/mol. The van der Waals surface area contributed by atoms with Gasteiger partial charge >= 0.3 is 0 Å². The summed E-state index contributed by atoms with van der Waals surface area (Å²) in [6, 6.07) is 0. The van der Waals surface area contributed by atoms with Crippen molar-refractivity contribution in [1.29, 1.82) is 0 Å². The molecule has 1 saturated heterocycles. The van der Waals surface area contributed by atoms with Crippen molar-refractivity contribution >= 4 is 5.91 Å². The molecule has 0 N–H and O–H groups in total. The number of carbonyl (C=O) groups is 1. The Bertz CT molecular complexity index is 221. The lowest BCUT2D eigenvalue weighted by Gasteiger charge is -2.34. The lowest BCUT2D eigenvalue weighted by Crippen LogP contribution is -2.42. The lowest BCUT2D eigenvalue weighted by molar-refractivity contribution is -0.138. The number of carbonyl (C=O) groups excluding carboxylic acids is 1. The van der Waals surface area contributed by atoms with Gasteiger partial charge < -0.3 is 4.90 Å². The summed E-state index contributed by atoms with van der Waals surface area (Å²) in [6.45, 7) is 4.29. The van der Waals surface area contributed by atoms with Crippen LogP contribution in [-0.2, 0) is 4.79 Å². The number of rotatable bonds is 1. The highest BCUT2D eigenvalue weighted by atomic mass is 16.2. The third kappa shape index (κ3) is 2.73. The van der Waals surface area contributed by atoms with E-state index in [1.807, 2.05) is 0 Å². The Balaban J connectivity index is 1.88. The Morgan fingerprint density at radius 2 is 1.80 bits per heavy atom. The van der Waals surface area contributed by atoms with Crippen molar-refractivity contribution in [3.63, 3.8) is 0 Å². The number of piperidine rings is 1. The molecule has 86 valence electrons. The second-order valence-corrected chi connectivity index (χ2v) is 5.37. The van der Waals surface area contributed by atoms with Crippen LogP contribution in [0.1, 0.15) is 51.9 Å². The molecule has 0 aromatic carbocycles. The van der Waals surface area contributed by atoms with E-state index < -0.39 is 0 Å². The molecule has 2 aliphatic rings. The smallest absolute Gasteiger partial charge is 0.225 e. The number of hydrogen-bond acceptors (Lipinski definition) is 1. The summed E-state index contributed by atoms with van der Waals surface area (Å²) in [7, 11) is 0. The molecular weight excluding hydrogens is 186 g/mol. The predicted molar refractivity (Wildman–Crippen MR) is 61.6 cm³/mol. The molecule has 15 heavy (non-hydrogen) atoms. The van der Waals surface area contributed by atoms with Crippen LogP contribution in [0.2, 0.25) is 0 Å². The molecule has 1 saturated carbocycles. The van der Waals surface area contributed by atoms with E-state index in [0.717, 1.165) is 25.9 Å². The molecule has 1 aliphatic heterocycles. The molecule has 1 amide bonds. The minimum Gasteiger partial charge on any atom is -0.342 e. The first kappa shape index (κ1) is 11.0. The fourth-order valence-electron chi connectivity index (χ4n) is 3.00. The molecule has 1 heterocycles. The van der Waals surface area contributed by atoms with E-state index in [9.17, 15) is 4.79 Å². The van der Waals surface area contributed by atoms with Crippen molar-refractivity contribution in [1.82, 2.24) is 4.90 Å². The van der Waals surface area contributed by atoms with Crippen molar-refractivity contribution in [3.8, 4) is 0 Å². The van der Waals surface area contributed by atoms with Crippen molar-refractivity contribution in [2.24, 2.45) is 11.8 Å². The third-order valence-electron chi connectivity index (χ3n) is 3.92. The van der Waals surface area contributed by atoms with Crippen LogP contribution in [0.5, 0.6) is 0 Å². The lowest BCUT2D eigenvalue weighted by atomic mass is 9.87. The van der Waals surface area contributed by atoms with Gasteiger partial charge in [-0.2, -0.15) is 0 Å². The van der Waals surface area contributed by atoms with Gasteiger partial charge in [-0.3, -0.25) is 4.79 Å². The van der Waals surface area contributed by atoms with Crippen LogP contribution in [0, 0.1) is 11.8 Å². The number of nitrogens with zero attached hydrogens (tertiary/aromatic N) is 1. The normalized spacial score (nSPS) is 29.1. The highest BCUT2D eigenvalue weighted by Gasteiger charge is 2.28. The zero-order valence-corrected chi connectivity index (χ0v) is 9.87. The zero-order chi connectivity index (χ0) is 10.7. The van der Waals surface area contributed by atoms with E-state index in [0.29, 0.717) is 17.7 Å². The molecule has 1 aliphatic carbocycles. The third-order valence-corrected chi connectivity index (χ3v) is 3.92. The quantitative estimate of drug-likeness (QED) is 0.650.